The molecule has 2 aliphatic rings. The number of nitrogens with zero attached hydrogens (tertiary/aromatic N) is 1. The van der Waals surface area contributed by atoms with E-state index in [2.05, 4.69) is 30.0 Å². The normalized spacial score (nSPS) is 18.3. The molecule has 0 amide bonds. The van der Waals surface area contributed by atoms with Gasteiger partial charge >= 0.3 is 44.1 Å². The van der Waals surface area contributed by atoms with Gasteiger partial charge < -0.3 is 20.3 Å². The molecule has 2 heteroatoms. The van der Waals surface area contributed by atoms with Crippen LogP contribution in [-0.4, -0.2) is 6.04 Å². The molecule has 0 atom stereocenters. The summed E-state index contributed by atoms with van der Waals surface area (Å²) in [6.07, 6.45) is 19.0. The van der Waals surface area contributed by atoms with Crippen molar-refractivity contribution < 1.29 is 20.9 Å². The molecule has 0 aromatic heterocycles. The molecule has 0 aromatic rings. The van der Waals surface area contributed by atoms with Gasteiger partial charge in [-0.1, -0.05) is 38.5 Å². The quantitative estimate of drug-likeness (QED) is 0.471. The third-order valence-corrected chi connectivity index (χ3v) is 4.52. The van der Waals surface area contributed by atoms with Crippen LogP contribution in [0.15, 0.2) is 3.34 Å². The molecule has 0 radical (unpaired) electrons. The fourth-order valence-electron chi connectivity index (χ4n) is 1.80. The zero-order valence-electron chi connectivity index (χ0n) is 12.7. The summed E-state index contributed by atoms with van der Waals surface area (Å²) in [5.74, 6) is 0. The minimum absolute atomic E-state index is 0. The third kappa shape index (κ3) is 18.9. The molecule has 0 heterocycles. The van der Waals surface area contributed by atoms with Crippen LogP contribution >= 0.6 is 0 Å². The second-order valence-corrected chi connectivity index (χ2v) is 5.89. The summed E-state index contributed by atoms with van der Waals surface area (Å²) in [5.41, 5.74) is 0. The summed E-state index contributed by atoms with van der Waals surface area (Å²) in [6.45, 7) is 4.17. The molecule has 1 nitrogen and oxygen atoms in total. The summed E-state index contributed by atoms with van der Waals surface area (Å²) in [7, 11) is 0. The van der Waals surface area contributed by atoms with Crippen molar-refractivity contribution in [3.8, 4) is 0 Å². The predicted molar refractivity (Wildman–Crippen MR) is 78.7 cm³/mol. The Morgan fingerprint density at radius 1 is 0.778 bits per heavy atom. The zero-order chi connectivity index (χ0) is 12.8. The molecule has 109 valence electrons. The molecule has 0 saturated heterocycles. The first kappa shape index (κ1) is 20.8. The number of hydrogen-bond donors (Lipinski definition) is 0. The van der Waals surface area contributed by atoms with Crippen LogP contribution in [0.5, 0.6) is 0 Å². The van der Waals surface area contributed by atoms with Crippen LogP contribution in [0.4, 0.5) is 0 Å². The van der Waals surface area contributed by atoms with Crippen molar-refractivity contribution in [2.75, 3.05) is 0 Å². The molecule has 2 rings (SSSR count). The minimum atomic E-state index is 0. The van der Waals surface area contributed by atoms with E-state index >= 15 is 0 Å². The fourth-order valence-corrected chi connectivity index (χ4v) is 1.80. The van der Waals surface area contributed by atoms with Gasteiger partial charge in [-0.2, -0.15) is 25.7 Å². The van der Waals surface area contributed by atoms with Crippen LogP contribution in [0.1, 0.15) is 78.1 Å². The van der Waals surface area contributed by atoms with E-state index in [0.29, 0.717) is 6.04 Å². The van der Waals surface area contributed by atoms with Crippen LogP contribution in [0.3, 0.4) is 0 Å². The maximum Gasteiger partial charge on any atom is -0.0582 e. The molecule has 2 aliphatic carbocycles. The van der Waals surface area contributed by atoms with Gasteiger partial charge in [0.05, 0.1) is 0 Å². The van der Waals surface area contributed by atoms with Crippen molar-refractivity contribution in [2.24, 2.45) is 3.34 Å². The molecule has 0 N–H and O–H groups in total. The van der Waals surface area contributed by atoms with E-state index in [1.165, 1.54) is 64.2 Å². The number of rotatable bonds is 1. The first-order valence-electron chi connectivity index (χ1n) is 7.25. The van der Waals surface area contributed by atoms with Crippen LogP contribution in [-0.2, 0) is 20.9 Å². The van der Waals surface area contributed by atoms with Gasteiger partial charge in [0.2, 0.25) is 0 Å². The van der Waals surface area contributed by atoms with Crippen LogP contribution in [0, 0.1) is 20.3 Å². The summed E-state index contributed by atoms with van der Waals surface area (Å²) in [6, 6.07) is 0.559. The van der Waals surface area contributed by atoms with E-state index in [1.807, 2.05) is 0 Å². The Bertz CT molecular complexity index is 114. The fraction of sp³-hybridized carbons (Fsp3) is 0.812. The van der Waals surface area contributed by atoms with E-state index < -0.39 is 0 Å². The van der Waals surface area contributed by atoms with Gasteiger partial charge in [-0.15, -0.1) is 0 Å². The summed E-state index contributed by atoms with van der Waals surface area (Å²) in [5, 5.41) is 0. The number of hydrogen-bond acceptors (Lipinski definition) is 1. The summed E-state index contributed by atoms with van der Waals surface area (Å²) >= 11 is 1.16. The third-order valence-electron chi connectivity index (χ3n) is 2.86. The van der Waals surface area contributed by atoms with E-state index in [-0.39, 0.29) is 7.43 Å². The minimum Gasteiger partial charge on any atom is -0.358 e. The standard InChI is InChI=1S/2C6H11.C3H7N.CH3.Ta/c2*1-2-4-6-5-3-1;1-3(2)4;;/h2*1H,2-6H2;3H,1-2H3;1H3;/q2*-1;;-1;. The SMILES string of the molecule is CC(C)[N]=[Ta].[CH-]1CCCCC1.[CH-]1CCCCC1.[CH3-]. The largest absolute Gasteiger partial charge is 0.358 e. The second-order valence-electron chi connectivity index (χ2n) is 5.06. The van der Waals surface area contributed by atoms with Gasteiger partial charge in [-0.25, -0.2) is 0 Å². The van der Waals surface area contributed by atoms with Crippen molar-refractivity contribution in [1.29, 1.82) is 0 Å². The van der Waals surface area contributed by atoms with Crippen molar-refractivity contribution in [3.63, 3.8) is 0 Å². The van der Waals surface area contributed by atoms with Gasteiger partial charge in [-0.05, 0) is 0 Å². The molecular weight excluding hydrogens is 387 g/mol. The van der Waals surface area contributed by atoms with E-state index in [0.717, 1.165) is 20.9 Å². The Kier molecular flexibility index (Phi) is 20.3. The van der Waals surface area contributed by atoms with E-state index in [1.54, 1.807) is 0 Å². The Hall–Kier alpha value is 0.540. The summed E-state index contributed by atoms with van der Waals surface area (Å²) in [4.78, 5) is 0. The molecule has 0 unspecified atom stereocenters. The predicted octanol–water partition coefficient (Wildman–Crippen LogP) is 5.89. The van der Waals surface area contributed by atoms with Gasteiger partial charge in [0.25, 0.3) is 0 Å². The van der Waals surface area contributed by atoms with E-state index in [9.17, 15) is 0 Å². The Balaban J connectivity index is 0. The first-order valence-corrected chi connectivity index (χ1v) is 8.68. The Morgan fingerprint density at radius 2 is 1.06 bits per heavy atom. The molecule has 0 spiro atoms. The zero-order valence-corrected chi connectivity index (χ0v) is 15.9. The van der Waals surface area contributed by atoms with Crippen LogP contribution < -0.4 is 0 Å². The molecule has 0 aliphatic heterocycles. The average Bonchev–Trinajstić information content (AvgIpc) is 2.44. The van der Waals surface area contributed by atoms with Crippen molar-refractivity contribution >= 4 is 0 Å². The van der Waals surface area contributed by atoms with Crippen LogP contribution in [0.25, 0.3) is 0 Å². The van der Waals surface area contributed by atoms with Gasteiger partial charge in [0, 0.05) is 0 Å². The Morgan fingerprint density at radius 3 is 1.11 bits per heavy atom. The topological polar surface area (TPSA) is 12.4 Å². The molecule has 0 aromatic carbocycles. The van der Waals surface area contributed by atoms with Crippen molar-refractivity contribution in [1.82, 2.24) is 0 Å². The first-order chi connectivity index (χ1) is 8.27. The molecule has 2 saturated carbocycles. The molecular formula is C16H32NTa-3. The second kappa shape index (κ2) is 17.5. The van der Waals surface area contributed by atoms with Crippen LogP contribution in [0.2, 0.25) is 0 Å². The van der Waals surface area contributed by atoms with Gasteiger partial charge in [-0.3, -0.25) is 0 Å². The molecule has 18 heavy (non-hydrogen) atoms. The molecule has 2 fully saturated rings. The monoisotopic (exact) mass is 419 g/mol. The van der Waals surface area contributed by atoms with E-state index in [4.69, 9.17) is 0 Å². The van der Waals surface area contributed by atoms with Gasteiger partial charge in [0.1, 0.15) is 0 Å². The maximum atomic E-state index is 4.00. The van der Waals surface area contributed by atoms with Crippen molar-refractivity contribution in [3.05, 3.63) is 20.3 Å². The molecule has 0 bridgehead atoms. The summed E-state index contributed by atoms with van der Waals surface area (Å²) < 4.78 is 4.00. The Labute approximate surface area is 128 Å². The average molecular weight is 419 g/mol. The van der Waals surface area contributed by atoms with Gasteiger partial charge in [0.15, 0.2) is 0 Å². The maximum absolute atomic E-state index is 4.00. The van der Waals surface area contributed by atoms with Crippen molar-refractivity contribution in [2.45, 2.75) is 84.1 Å². The smallest absolute Gasteiger partial charge is 0.0582 e.